The van der Waals surface area contributed by atoms with Crippen LogP contribution in [0.4, 0.5) is 0 Å². The van der Waals surface area contributed by atoms with E-state index in [0.717, 1.165) is 18.7 Å². The van der Waals surface area contributed by atoms with Gasteiger partial charge in [0.05, 0.1) is 22.9 Å². The highest BCUT2D eigenvalue weighted by molar-refractivity contribution is 5.95. The second-order valence-corrected chi connectivity index (χ2v) is 6.20. The number of aromatic nitrogens is 2. The van der Waals surface area contributed by atoms with Crippen molar-refractivity contribution in [2.24, 2.45) is 11.3 Å². The molecule has 6 heteroatoms. The molecule has 1 aliphatic rings. The first kappa shape index (κ1) is 15.5. The van der Waals surface area contributed by atoms with E-state index in [1.165, 1.54) is 0 Å². The highest BCUT2D eigenvalue weighted by Crippen LogP contribution is 2.45. The average Bonchev–Trinajstić information content (AvgIpc) is 3.11. The molecule has 0 atom stereocenters. The van der Waals surface area contributed by atoms with Crippen molar-refractivity contribution in [3.63, 3.8) is 0 Å². The van der Waals surface area contributed by atoms with Crippen LogP contribution < -0.4 is 5.32 Å². The third-order valence-corrected chi connectivity index (χ3v) is 3.96. The van der Waals surface area contributed by atoms with E-state index in [4.69, 9.17) is 5.11 Å². The van der Waals surface area contributed by atoms with Crippen molar-refractivity contribution >= 4 is 11.9 Å². The quantitative estimate of drug-likeness (QED) is 0.801. The molecule has 0 bridgehead atoms. The molecule has 1 fully saturated rings. The minimum absolute atomic E-state index is 0.194. The molecule has 0 radical (unpaired) electrons. The summed E-state index contributed by atoms with van der Waals surface area (Å²) >= 11 is 0. The van der Waals surface area contributed by atoms with Crippen molar-refractivity contribution < 1.29 is 14.7 Å². The molecular formula is C15H23N3O3. The van der Waals surface area contributed by atoms with E-state index in [9.17, 15) is 9.59 Å². The Morgan fingerprint density at radius 2 is 2.14 bits per heavy atom. The molecule has 1 amide bonds. The first-order valence-corrected chi connectivity index (χ1v) is 7.46. The van der Waals surface area contributed by atoms with Gasteiger partial charge in [0.15, 0.2) is 0 Å². The van der Waals surface area contributed by atoms with Gasteiger partial charge in [-0.2, -0.15) is 5.10 Å². The second kappa shape index (κ2) is 5.87. The Hall–Kier alpha value is -1.85. The number of carbonyl (C=O) groups excluding carboxylic acids is 1. The SMILES string of the molecule is CCc1c(C(=O)NCC2(C(=O)O)CC2)cnn1CC(C)C. The van der Waals surface area contributed by atoms with Crippen LogP contribution in [0.5, 0.6) is 0 Å². The summed E-state index contributed by atoms with van der Waals surface area (Å²) in [5.41, 5.74) is 0.719. The number of nitrogens with zero attached hydrogens (tertiary/aromatic N) is 2. The summed E-state index contributed by atoms with van der Waals surface area (Å²) in [5, 5.41) is 16.2. The Morgan fingerprint density at radius 1 is 1.48 bits per heavy atom. The van der Waals surface area contributed by atoms with Crippen LogP contribution in [0.2, 0.25) is 0 Å². The van der Waals surface area contributed by atoms with Gasteiger partial charge in [-0.3, -0.25) is 14.3 Å². The van der Waals surface area contributed by atoms with Crippen LogP contribution >= 0.6 is 0 Å². The normalized spacial score (nSPS) is 16.0. The van der Waals surface area contributed by atoms with Gasteiger partial charge in [0.1, 0.15) is 0 Å². The number of amides is 1. The predicted molar refractivity (Wildman–Crippen MR) is 78.1 cm³/mol. The Bertz CT molecular complexity index is 544. The lowest BCUT2D eigenvalue weighted by atomic mass is 10.1. The monoisotopic (exact) mass is 293 g/mol. The van der Waals surface area contributed by atoms with Gasteiger partial charge in [0.25, 0.3) is 5.91 Å². The van der Waals surface area contributed by atoms with Gasteiger partial charge in [0.2, 0.25) is 0 Å². The summed E-state index contributed by atoms with van der Waals surface area (Å²) in [7, 11) is 0. The van der Waals surface area contributed by atoms with E-state index < -0.39 is 11.4 Å². The van der Waals surface area contributed by atoms with Gasteiger partial charge in [-0.1, -0.05) is 20.8 Å². The van der Waals surface area contributed by atoms with Crippen molar-refractivity contribution in [2.45, 2.75) is 46.6 Å². The lowest BCUT2D eigenvalue weighted by molar-refractivity contribution is -0.143. The average molecular weight is 293 g/mol. The molecule has 21 heavy (non-hydrogen) atoms. The summed E-state index contributed by atoms with van der Waals surface area (Å²) in [6, 6.07) is 0. The smallest absolute Gasteiger partial charge is 0.311 e. The number of hydrogen-bond acceptors (Lipinski definition) is 3. The number of carbonyl (C=O) groups is 2. The van der Waals surface area contributed by atoms with Crippen molar-refractivity contribution in [2.75, 3.05) is 6.54 Å². The zero-order valence-electron chi connectivity index (χ0n) is 12.8. The third kappa shape index (κ3) is 3.25. The number of aliphatic carboxylic acids is 1. The van der Waals surface area contributed by atoms with Crippen molar-refractivity contribution in [1.82, 2.24) is 15.1 Å². The molecule has 0 aromatic carbocycles. The van der Waals surface area contributed by atoms with Crippen LogP contribution in [-0.2, 0) is 17.8 Å². The van der Waals surface area contributed by atoms with E-state index in [0.29, 0.717) is 24.3 Å². The highest BCUT2D eigenvalue weighted by atomic mass is 16.4. The van der Waals surface area contributed by atoms with Gasteiger partial charge in [-0.05, 0) is 25.2 Å². The Labute approximate surface area is 124 Å². The molecule has 1 saturated carbocycles. The number of nitrogens with one attached hydrogen (secondary N) is 1. The largest absolute Gasteiger partial charge is 0.481 e. The van der Waals surface area contributed by atoms with Crippen LogP contribution in [0.25, 0.3) is 0 Å². The van der Waals surface area contributed by atoms with Gasteiger partial charge in [-0.25, -0.2) is 0 Å². The van der Waals surface area contributed by atoms with E-state index in [1.807, 2.05) is 11.6 Å². The predicted octanol–water partition coefficient (Wildman–Crippen LogP) is 1.70. The van der Waals surface area contributed by atoms with Crippen LogP contribution in [-0.4, -0.2) is 33.3 Å². The van der Waals surface area contributed by atoms with Gasteiger partial charge in [-0.15, -0.1) is 0 Å². The van der Waals surface area contributed by atoms with Crippen LogP contribution in [0.15, 0.2) is 6.20 Å². The molecule has 6 nitrogen and oxygen atoms in total. The fraction of sp³-hybridized carbons (Fsp3) is 0.667. The van der Waals surface area contributed by atoms with Crippen molar-refractivity contribution in [3.05, 3.63) is 17.5 Å². The molecule has 2 N–H and O–H groups in total. The van der Waals surface area contributed by atoms with E-state index in [-0.39, 0.29) is 12.5 Å². The summed E-state index contributed by atoms with van der Waals surface area (Å²) < 4.78 is 1.86. The minimum Gasteiger partial charge on any atom is -0.481 e. The lowest BCUT2D eigenvalue weighted by Gasteiger charge is -2.12. The van der Waals surface area contributed by atoms with Crippen molar-refractivity contribution in [1.29, 1.82) is 0 Å². The Kier molecular flexibility index (Phi) is 4.34. The molecule has 0 aliphatic heterocycles. The maximum Gasteiger partial charge on any atom is 0.311 e. The third-order valence-electron chi connectivity index (χ3n) is 3.96. The van der Waals surface area contributed by atoms with E-state index >= 15 is 0 Å². The van der Waals surface area contributed by atoms with E-state index in [1.54, 1.807) is 6.20 Å². The number of hydrogen-bond donors (Lipinski definition) is 2. The minimum atomic E-state index is -0.825. The second-order valence-electron chi connectivity index (χ2n) is 6.20. The van der Waals surface area contributed by atoms with Crippen LogP contribution in [0.1, 0.15) is 49.7 Å². The van der Waals surface area contributed by atoms with Gasteiger partial charge >= 0.3 is 5.97 Å². The van der Waals surface area contributed by atoms with Gasteiger partial charge < -0.3 is 10.4 Å². The fourth-order valence-corrected chi connectivity index (χ4v) is 2.44. The zero-order valence-corrected chi connectivity index (χ0v) is 12.8. The molecule has 0 spiro atoms. The molecule has 1 heterocycles. The Balaban J connectivity index is 2.05. The summed E-state index contributed by atoms with van der Waals surface area (Å²) in [6.45, 7) is 7.16. The first-order chi connectivity index (χ1) is 9.89. The summed E-state index contributed by atoms with van der Waals surface area (Å²) in [4.78, 5) is 23.4. The fourth-order valence-electron chi connectivity index (χ4n) is 2.44. The summed E-state index contributed by atoms with van der Waals surface area (Å²) in [6.07, 6.45) is 3.57. The Morgan fingerprint density at radius 3 is 2.62 bits per heavy atom. The molecule has 1 aliphatic carbocycles. The van der Waals surface area contributed by atoms with E-state index in [2.05, 4.69) is 24.3 Å². The molecule has 0 saturated heterocycles. The maximum absolute atomic E-state index is 12.3. The molecule has 2 rings (SSSR count). The van der Waals surface area contributed by atoms with Crippen LogP contribution in [0.3, 0.4) is 0 Å². The topological polar surface area (TPSA) is 84.2 Å². The van der Waals surface area contributed by atoms with Crippen LogP contribution in [0, 0.1) is 11.3 Å². The molecule has 116 valence electrons. The molecule has 1 aromatic rings. The maximum atomic E-state index is 12.3. The lowest BCUT2D eigenvalue weighted by Crippen LogP contribution is -2.34. The zero-order chi connectivity index (χ0) is 15.6. The number of rotatable bonds is 7. The molecular weight excluding hydrogens is 270 g/mol. The van der Waals surface area contributed by atoms with Gasteiger partial charge in [0, 0.05) is 13.1 Å². The summed E-state index contributed by atoms with van der Waals surface area (Å²) in [5.74, 6) is -0.601. The molecule has 0 unspecified atom stereocenters. The first-order valence-electron chi connectivity index (χ1n) is 7.46. The highest BCUT2D eigenvalue weighted by Gasteiger charge is 2.50. The molecule has 1 aromatic heterocycles. The van der Waals surface area contributed by atoms with Crippen molar-refractivity contribution in [3.8, 4) is 0 Å². The number of carboxylic acids is 1. The standard InChI is InChI=1S/C15H23N3O3/c1-4-12-11(7-17-18(12)8-10(2)3)13(19)16-9-15(5-6-15)14(20)21/h7,10H,4-6,8-9H2,1-3H3,(H,16,19)(H,20,21). The number of carboxylic acid groups (broad SMARTS) is 1.